The molecule has 2 aromatic heterocycles. The largest absolute Gasteiger partial charge is 0.351 e. The van der Waals surface area contributed by atoms with Crippen molar-refractivity contribution >= 4 is 34.5 Å². The molecule has 0 spiro atoms. The van der Waals surface area contributed by atoms with Gasteiger partial charge in [-0.05, 0) is 47.7 Å². The van der Waals surface area contributed by atoms with E-state index in [4.69, 9.17) is 0 Å². The van der Waals surface area contributed by atoms with Crippen molar-refractivity contribution in [3.63, 3.8) is 0 Å². The molecule has 0 unspecified atom stereocenters. The van der Waals surface area contributed by atoms with Crippen LogP contribution in [0.5, 0.6) is 0 Å². The molecular weight excluding hydrogens is 424 g/mol. The topological polar surface area (TPSA) is 49.4 Å². The molecule has 3 aromatic rings. The Morgan fingerprint density at radius 3 is 2.39 bits per heavy atom. The van der Waals surface area contributed by atoms with Gasteiger partial charge in [-0.2, -0.15) is 0 Å². The van der Waals surface area contributed by atoms with E-state index in [9.17, 15) is 9.59 Å². The molecule has 162 valence electrons. The first-order chi connectivity index (χ1) is 15.2. The average molecular weight is 453 g/mol. The van der Waals surface area contributed by atoms with Gasteiger partial charge in [0.15, 0.2) is 0 Å². The summed E-state index contributed by atoms with van der Waals surface area (Å²) < 4.78 is 0. The van der Waals surface area contributed by atoms with Gasteiger partial charge in [0, 0.05) is 22.3 Å². The molecule has 1 aliphatic carbocycles. The van der Waals surface area contributed by atoms with Crippen molar-refractivity contribution < 1.29 is 9.59 Å². The van der Waals surface area contributed by atoms with Gasteiger partial charge in [0.05, 0.1) is 6.42 Å². The molecule has 2 amide bonds. The number of carbonyl (C=O) groups is 2. The van der Waals surface area contributed by atoms with Gasteiger partial charge < -0.3 is 10.2 Å². The Bertz CT molecular complexity index is 949. The molecule has 0 aliphatic heterocycles. The molecule has 4 nitrogen and oxygen atoms in total. The zero-order valence-electron chi connectivity index (χ0n) is 17.5. The molecule has 2 heterocycles. The molecule has 0 radical (unpaired) electrons. The summed E-state index contributed by atoms with van der Waals surface area (Å²) in [5.74, 6) is -0.0553. The van der Waals surface area contributed by atoms with Crippen molar-refractivity contribution in [1.82, 2.24) is 10.2 Å². The lowest BCUT2D eigenvalue weighted by Crippen LogP contribution is -2.47. The van der Waals surface area contributed by atoms with Gasteiger partial charge in [-0.25, -0.2) is 0 Å². The first kappa shape index (κ1) is 21.8. The maximum absolute atomic E-state index is 13.5. The zero-order valence-corrected chi connectivity index (χ0v) is 19.2. The molecule has 1 atom stereocenters. The van der Waals surface area contributed by atoms with Gasteiger partial charge in [0.1, 0.15) is 6.04 Å². The fourth-order valence-electron chi connectivity index (χ4n) is 4.18. The van der Waals surface area contributed by atoms with Crippen LogP contribution in [0.25, 0.3) is 0 Å². The van der Waals surface area contributed by atoms with Crippen LogP contribution < -0.4 is 5.32 Å². The minimum absolute atomic E-state index is 0.00152. The molecule has 31 heavy (non-hydrogen) atoms. The summed E-state index contributed by atoms with van der Waals surface area (Å²) in [6.45, 7) is 0.509. The summed E-state index contributed by atoms with van der Waals surface area (Å²) in [4.78, 5) is 30.7. The molecule has 0 saturated heterocycles. The quantitative estimate of drug-likeness (QED) is 0.484. The van der Waals surface area contributed by atoms with Crippen molar-refractivity contribution in [2.75, 3.05) is 6.54 Å². The van der Waals surface area contributed by atoms with Crippen molar-refractivity contribution in [3.8, 4) is 0 Å². The molecule has 0 bridgehead atoms. The van der Waals surface area contributed by atoms with E-state index in [1.807, 2.05) is 53.2 Å². The molecular formula is C25H28N2O2S2. The monoisotopic (exact) mass is 452 g/mol. The van der Waals surface area contributed by atoms with Crippen molar-refractivity contribution in [1.29, 1.82) is 0 Å². The molecule has 1 fully saturated rings. The van der Waals surface area contributed by atoms with E-state index in [1.54, 1.807) is 27.6 Å². The summed E-state index contributed by atoms with van der Waals surface area (Å²) in [6.07, 6.45) is 5.40. The second-order valence-corrected chi connectivity index (χ2v) is 10.00. The lowest BCUT2D eigenvalue weighted by molar-refractivity contribution is -0.140. The van der Waals surface area contributed by atoms with Crippen molar-refractivity contribution in [3.05, 3.63) is 80.7 Å². The maximum atomic E-state index is 13.5. The molecule has 1 N–H and O–H groups in total. The van der Waals surface area contributed by atoms with E-state index in [0.717, 1.165) is 47.4 Å². The number of carbonyl (C=O) groups excluding carboxylic acids is 2. The Hall–Kier alpha value is -2.44. The average Bonchev–Trinajstić information content (AvgIpc) is 3.55. The SMILES string of the molecule is O=C(NC1CCCC1)[C@@H](c1cccs1)N(CCc1ccccc1)C(=O)Cc1cccs1. The van der Waals surface area contributed by atoms with Gasteiger partial charge >= 0.3 is 0 Å². The van der Waals surface area contributed by atoms with Crippen LogP contribution in [-0.2, 0) is 22.4 Å². The van der Waals surface area contributed by atoms with E-state index in [0.29, 0.717) is 13.0 Å². The van der Waals surface area contributed by atoms with Gasteiger partial charge in [-0.3, -0.25) is 9.59 Å². The summed E-state index contributed by atoms with van der Waals surface area (Å²) in [5, 5.41) is 7.20. The first-order valence-electron chi connectivity index (χ1n) is 10.9. The zero-order chi connectivity index (χ0) is 21.5. The predicted molar refractivity (Wildman–Crippen MR) is 127 cm³/mol. The van der Waals surface area contributed by atoms with E-state index < -0.39 is 6.04 Å². The highest BCUT2D eigenvalue weighted by molar-refractivity contribution is 7.10. The van der Waals surface area contributed by atoms with Crippen LogP contribution >= 0.6 is 22.7 Å². The lowest BCUT2D eigenvalue weighted by Gasteiger charge is -2.31. The van der Waals surface area contributed by atoms with Crippen LogP contribution in [0.3, 0.4) is 0 Å². The third-order valence-electron chi connectivity index (χ3n) is 5.78. The predicted octanol–water partition coefficient (Wildman–Crippen LogP) is 5.22. The number of nitrogens with zero attached hydrogens (tertiary/aromatic N) is 1. The number of hydrogen-bond acceptors (Lipinski definition) is 4. The molecule has 1 aliphatic rings. The highest BCUT2D eigenvalue weighted by atomic mass is 32.1. The highest BCUT2D eigenvalue weighted by Gasteiger charge is 2.33. The fraction of sp³-hybridized carbons (Fsp3) is 0.360. The van der Waals surface area contributed by atoms with E-state index in [2.05, 4.69) is 17.4 Å². The Morgan fingerprint density at radius 1 is 0.968 bits per heavy atom. The number of hydrogen-bond donors (Lipinski definition) is 1. The molecule has 6 heteroatoms. The van der Waals surface area contributed by atoms with Crippen LogP contribution in [0.2, 0.25) is 0 Å². The maximum Gasteiger partial charge on any atom is 0.248 e. The minimum Gasteiger partial charge on any atom is -0.351 e. The molecule has 4 rings (SSSR count). The molecule has 1 aromatic carbocycles. The standard InChI is InChI=1S/C25H28N2O2S2/c28-23(18-21-12-6-16-30-21)27(15-14-19-8-2-1-3-9-19)24(22-13-7-17-31-22)25(29)26-20-10-4-5-11-20/h1-3,6-9,12-13,16-17,20,24H,4-5,10-11,14-15,18H2,(H,26,29)/t24-/m1/s1. The smallest absolute Gasteiger partial charge is 0.248 e. The Morgan fingerprint density at radius 2 is 1.71 bits per heavy atom. The van der Waals surface area contributed by atoms with E-state index >= 15 is 0 Å². The van der Waals surface area contributed by atoms with Crippen molar-refractivity contribution in [2.45, 2.75) is 50.6 Å². The summed E-state index contributed by atoms with van der Waals surface area (Å²) >= 11 is 3.12. The second-order valence-electron chi connectivity index (χ2n) is 7.99. The van der Waals surface area contributed by atoms with Gasteiger partial charge in [0.2, 0.25) is 11.8 Å². The Kier molecular flexibility index (Phi) is 7.54. The van der Waals surface area contributed by atoms with Crippen LogP contribution in [0.1, 0.15) is 47.0 Å². The third kappa shape index (κ3) is 5.83. The normalized spacial score (nSPS) is 15.0. The molecule has 1 saturated carbocycles. The number of rotatable bonds is 9. The van der Waals surface area contributed by atoms with E-state index in [1.165, 1.54) is 0 Å². The van der Waals surface area contributed by atoms with Crippen LogP contribution in [0.4, 0.5) is 0 Å². The third-order valence-corrected chi connectivity index (χ3v) is 7.59. The Balaban J connectivity index is 1.59. The second kappa shape index (κ2) is 10.7. The summed E-state index contributed by atoms with van der Waals surface area (Å²) in [6, 6.07) is 17.7. The Labute approximate surface area is 191 Å². The van der Waals surface area contributed by atoms with Crippen LogP contribution in [0, 0.1) is 0 Å². The summed E-state index contributed by atoms with van der Waals surface area (Å²) in [5.41, 5.74) is 1.16. The van der Waals surface area contributed by atoms with Gasteiger partial charge in [-0.15, -0.1) is 22.7 Å². The van der Waals surface area contributed by atoms with Gasteiger partial charge in [0.25, 0.3) is 0 Å². The van der Waals surface area contributed by atoms with E-state index in [-0.39, 0.29) is 17.9 Å². The number of amides is 2. The van der Waals surface area contributed by atoms with Gasteiger partial charge in [-0.1, -0.05) is 55.3 Å². The van der Waals surface area contributed by atoms with Crippen molar-refractivity contribution in [2.24, 2.45) is 0 Å². The summed E-state index contributed by atoms with van der Waals surface area (Å²) in [7, 11) is 0. The number of benzene rings is 1. The van der Waals surface area contributed by atoms with Crippen LogP contribution in [0.15, 0.2) is 65.4 Å². The first-order valence-corrected chi connectivity index (χ1v) is 12.7. The minimum atomic E-state index is -0.586. The lowest BCUT2D eigenvalue weighted by atomic mass is 10.1. The number of thiophene rings is 2. The fourth-order valence-corrected chi connectivity index (χ4v) is 5.71. The van der Waals surface area contributed by atoms with Crippen LogP contribution in [-0.4, -0.2) is 29.3 Å². The number of nitrogens with one attached hydrogen (secondary N) is 1. The highest BCUT2D eigenvalue weighted by Crippen LogP contribution is 2.28.